The van der Waals surface area contributed by atoms with E-state index in [1.807, 2.05) is 0 Å². The third kappa shape index (κ3) is 7.54. The Bertz CT molecular complexity index is 1020. The van der Waals surface area contributed by atoms with Crippen molar-refractivity contribution in [2.75, 3.05) is 13.2 Å². The molecule has 0 aliphatic heterocycles. The summed E-state index contributed by atoms with van der Waals surface area (Å²) >= 11 is 0. The van der Waals surface area contributed by atoms with E-state index in [9.17, 15) is 23.1 Å². The van der Waals surface area contributed by atoms with Crippen LogP contribution in [0.4, 0.5) is 0 Å². The predicted molar refractivity (Wildman–Crippen MR) is 117 cm³/mol. The van der Waals surface area contributed by atoms with E-state index in [0.717, 1.165) is 19.3 Å². The lowest BCUT2D eigenvalue weighted by Gasteiger charge is -2.14. The van der Waals surface area contributed by atoms with Gasteiger partial charge in [-0.05, 0) is 55.5 Å². The molecule has 0 saturated heterocycles. The normalized spacial score (nSPS) is 12.2. The molecule has 2 rings (SSSR count). The first-order valence-electron chi connectivity index (χ1n) is 10.1. The summed E-state index contributed by atoms with van der Waals surface area (Å²) in [7, 11) is -3.91. The van der Waals surface area contributed by atoms with Crippen molar-refractivity contribution in [1.82, 2.24) is 0 Å². The van der Waals surface area contributed by atoms with Crippen LogP contribution in [0.3, 0.4) is 0 Å². The summed E-state index contributed by atoms with van der Waals surface area (Å²) in [6.45, 7) is 0.742. The molecule has 1 unspecified atom stereocenters. The molecule has 10 heteroatoms. The second-order valence-corrected chi connectivity index (χ2v) is 8.87. The summed E-state index contributed by atoms with van der Waals surface area (Å²) in [5, 5.41) is 22.9. The molecule has 0 aliphatic rings. The van der Waals surface area contributed by atoms with Gasteiger partial charge in [-0.2, -0.15) is 0 Å². The number of sulfonamides is 1. The van der Waals surface area contributed by atoms with Gasteiger partial charge in [0.05, 0.1) is 13.2 Å². The minimum atomic E-state index is -3.91. The highest BCUT2D eigenvalue weighted by atomic mass is 32.2. The predicted octanol–water partition coefficient (Wildman–Crippen LogP) is 3.03. The Balaban J connectivity index is 1.73. The Hall–Kier alpha value is -3.11. The zero-order chi connectivity index (χ0) is 23.6. The number of benzene rings is 2. The molecule has 9 nitrogen and oxygen atoms in total. The van der Waals surface area contributed by atoms with Crippen LogP contribution >= 0.6 is 0 Å². The van der Waals surface area contributed by atoms with Gasteiger partial charge >= 0.3 is 5.97 Å². The van der Waals surface area contributed by atoms with Crippen molar-refractivity contribution >= 4 is 22.3 Å². The Morgan fingerprint density at radius 3 is 2.31 bits per heavy atom. The molecular formula is C22H27NO8S. The van der Waals surface area contributed by atoms with Crippen LogP contribution in [0.5, 0.6) is 17.2 Å². The van der Waals surface area contributed by atoms with Gasteiger partial charge in [-0.25, -0.2) is 18.4 Å². The highest BCUT2D eigenvalue weighted by Crippen LogP contribution is 2.28. The van der Waals surface area contributed by atoms with Crippen molar-refractivity contribution in [3.8, 4) is 17.2 Å². The van der Waals surface area contributed by atoms with Crippen molar-refractivity contribution < 1.29 is 37.7 Å². The number of carbonyl (C=O) groups is 2. The largest absolute Gasteiger partial charge is 0.507 e. The highest BCUT2D eigenvalue weighted by Gasteiger charge is 2.23. The number of unbranched alkanes of at least 4 members (excludes halogenated alkanes) is 3. The third-order valence-electron chi connectivity index (χ3n) is 4.72. The van der Waals surface area contributed by atoms with Gasteiger partial charge in [0.15, 0.2) is 0 Å². The zero-order valence-electron chi connectivity index (χ0n) is 17.5. The number of aromatic carboxylic acids is 1. The summed E-state index contributed by atoms with van der Waals surface area (Å²) in [4.78, 5) is 22.0. The number of hydrogen-bond acceptors (Lipinski definition) is 7. The molecule has 4 N–H and O–H groups in total. The van der Waals surface area contributed by atoms with E-state index in [4.69, 9.17) is 19.7 Å². The third-order valence-corrected chi connectivity index (χ3v) is 5.98. The van der Waals surface area contributed by atoms with Crippen molar-refractivity contribution in [3.05, 3.63) is 53.6 Å². The fraction of sp³-hybridized carbons (Fsp3) is 0.364. The second kappa shape index (κ2) is 12.1. The van der Waals surface area contributed by atoms with Crippen LogP contribution in [0.1, 0.15) is 53.3 Å². The van der Waals surface area contributed by atoms with E-state index in [1.54, 1.807) is 24.3 Å². The van der Waals surface area contributed by atoms with Crippen LogP contribution in [0, 0.1) is 0 Å². The number of primary sulfonamides is 1. The summed E-state index contributed by atoms with van der Waals surface area (Å²) in [6, 6.07) is 10.8. The van der Waals surface area contributed by atoms with Gasteiger partial charge in [0.2, 0.25) is 10.0 Å². The van der Waals surface area contributed by atoms with Gasteiger partial charge in [0, 0.05) is 6.42 Å². The zero-order valence-corrected chi connectivity index (χ0v) is 18.3. The van der Waals surface area contributed by atoms with Gasteiger partial charge in [-0.15, -0.1) is 0 Å². The van der Waals surface area contributed by atoms with Crippen LogP contribution in [0.15, 0.2) is 42.5 Å². The Morgan fingerprint density at radius 1 is 1.03 bits per heavy atom. The fourth-order valence-corrected chi connectivity index (χ4v) is 4.01. The minimum Gasteiger partial charge on any atom is -0.507 e. The van der Waals surface area contributed by atoms with Crippen LogP contribution in [0.2, 0.25) is 0 Å². The van der Waals surface area contributed by atoms with E-state index in [-0.39, 0.29) is 23.5 Å². The number of carboxylic acid groups (broad SMARTS) is 1. The van der Waals surface area contributed by atoms with E-state index in [2.05, 4.69) is 0 Å². The van der Waals surface area contributed by atoms with Crippen molar-refractivity contribution in [2.24, 2.45) is 5.14 Å². The SMILES string of the molecule is NS(=O)(=O)C(CC=O)c1cccc(OCCCCCCOc2cccc(O)c2C(=O)O)c1. The van der Waals surface area contributed by atoms with Crippen molar-refractivity contribution in [1.29, 1.82) is 0 Å². The van der Waals surface area contributed by atoms with E-state index in [0.29, 0.717) is 37.2 Å². The molecule has 0 aromatic heterocycles. The van der Waals surface area contributed by atoms with Crippen LogP contribution in [-0.2, 0) is 14.8 Å². The number of carboxylic acids is 1. The lowest BCUT2D eigenvalue weighted by atomic mass is 10.1. The molecule has 0 aliphatic carbocycles. The van der Waals surface area contributed by atoms with E-state index >= 15 is 0 Å². The molecule has 0 fully saturated rings. The molecule has 0 heterocycles. The van der Waals surface area contributed by atoms with Crippen LogP contribution < -0.4 is 14.6 Å². The Labute approximate surface area is 186 Å². The fourth-order valence-electron chi connectivity index (χ4n) is 3.14. The first kappa shape index (κ1) is 25.2. The maximum Gasteiger partial charge on any atom is 0.343 e. The molecule has 0 amide bonds. The molecule has 32 heavy (non-hydrogen) atoms. The molecular weight excluding hydrogens is 438 g/mol. The lowest BCUT2D eigenvalue weighted by molar-refractivity contribution is -0.107. The lowest BCUT2D eigenvalue weighted by Crippen LogP contribution is -2.22. The number of aldehydes is 1. The summed E-state index contributed by atoms with van der Waals surface area (Å²) < 4.78 is 34.6. The number of rotatable bonds is 14. The maximum atomic E-state index is 11.7. The second-order valence-electron chi connectivity index (χ2n) is 7.12. The van der Waals surface area contributed by atoms with E-state index in [1.165, 1.54) is 18.2 Å². The molecule has 0 spiro atoms. The van der Waals surface area contributed by atoms with Crippen molar-refractivity contribution in [2.45, 2.75) is 37.4 Å². The molecule has 0 saturated carbocycles. The number of phenols is 1. The number of nitrogens with two attached hydrogens (primary N) is 1. The average molecular weight is 466 g/mol. The molecule has 0 radical (unpaired) electrons. The number of carbonyl (C=O) groups excluding carboxylic acids is 1. The van der Waals surface area contributed by atoms with Gasteiger partial charge < -0.3 is 24.5 Å². The number of hydrogen-bond donors (Lipinski definition) is 3. The molecule has 2 aromatic carbocycles. The standard InChI is InChI=1S/C22H27NO8S/c23-32(28,29)20(11-12-24)16-7-5-8-17(15-16)30-13-3-1-2-4-14-31-19-10-6-9-18(25)21(19)22(26)27/h5-10,12,15,20,25H,1-4,11,13-14H2,(H,26,27)(H2,23,28,29). The average Bonchev–Trinajstić information content (AvgIpc) is 2.73. The Morgan fingerprint density at radius 2 is 1.69 bits per heavy atom. The molecule has 1 atom stereocenters. The first-order chi connectivity index (χ1) is 15.2. The first-order valence-corrected chi connectivity index (χ1v) is 11.7. The topological polar surface area (TPSA) is 153 Å². The smallest absolute Gasteiger partial charge is 0.343 e. The highest BCUT2D eigenvalue weighted by molar-refractivity contribution is 7.89. The monoisotopic (exact) mass is 465 g/mol. The van der Waals surface area contributed by atoms with Gasteiger partial charge in [-0.1, -0.05) is 18.2 Å². The summed E-state index contributed by atoms with van der Waals surface area (Å²) in [5.74, 6) is -0.956. The summed E-state index contributed by atoms with van der Waals surface area (Å²) in [5.41, 5.74) is 0.155. The molecule has 2 aromatic rings. The van der Waals surface area contributed by atoms with Gasteiger partial charge in [0.1, 0.15) is 34.3 Å². The molecule has 0 bridgehead atoms. The number of ether oxygens (including phenoxy) is 2. The maximum absolute atomic E-state index is 11.7. The van der Waals surface area contributed by atoms with Gasteiger partial charge in [0.25, 0.3) is 0 Å². The van der Waals surface area contributed by atoms with Gasteiger partial charge in [-0.3, -0.25) is 0 Å². The Kier molecular flexibility index (Phi) is 9.48. The number of aromatic hydroxyl groups is 1. The van der Waals surface area contributed by atoms with Crippen LogP contribution in [0.25, 0.3) is 0 Å². The quantitative estimate of drug-likeness (QED) is 0.284. The molecule has 174 valence electrons. The minimum absolute atomic E-state index is 0.132. The van der Waals surface area contributed by atoms with Crippen molar-refractivity contribution in [3.63, 3.8) is 0 Å². The summed E-state index contributed by atoms with van der Waals surface area (Å²) in [6.07, 6.45) is 3.43. The van der Waals surface area contributed by atoms with E-state index < -0.39 is 21.2 Å². The van der Waals surface area contributed by atoms with Crippen LogP contribution in [-0.4, -0.2) is 44.1 Å².